The van der Waals surface area contributed by atoms with Crippen LogP contribution in [0.1, 0.15) is 24.8 Å². The van der Waals surface area contributed by atoms with Gasteiger partial charge < -0.3 is 11.1 Å². The monoisotopic (exact) mass is 307 g/mol. The second-order valence-electron chi connectivity index (χ2n) is 4.56. The zero-order valence-electron chi connectivity index (χ0n) is 9.82. The van der Waals surface area contributed by atoms with Gasteiger partial charge >= 0.3 is 0 Å². The molecule has 4 nitrogen and oxygen atoms in total. The van der Waals surface area contributed by atoms with Crippen molar-refractivity contribution in [2.75, 3.05) is 5.32 Å². The maximum absolute atomic E-state index is 12.0. The van der Waals surface area contributed by atoms with Crippen molar-refractivity contribution in [3.8, 4) is 6.07 Å². The highest BCUT2D eigenvalue weighted by atomic mass is 79.9. The van der Waals surface area contributed by atoms with Gasteiger partial charge in [0.1, 0.15) is 6.07 Å². The molecule has 0 bridgehead atoms. The summed E-state index contributed by atoms with van der Waals surface area (Å²) in [5.41, 5.74) is 6.82. The molecule has 94 valence electrons. The molecule has 1 aromatic carbocycles. The van der Waals surface area contributed by atoms with Crippen LogP contribution in [0.5, 0.6) is 0 Å². The van der Waals surface area contributed by atoms with Gasteiger partial charge in [-0.1, -0.05) is 15.9 Å². The van der Waals surface area contributed by atoms with Crippen LogP contribution < -0.4 is 11.1 Å². The largest absolute Gasteiger partial charge is 0.328 e. The Labute approximate surface area is 114 Å². The van der Waals surface area contributed by atoms with Gasteiger partial charge in [-0.05, 0) is 37.5 Å². The van der Waals surface area contributed by atoms with Crippen molar-refractivity contribution in [1.29, 1.82) is 5.26 Å². The number of carbonyl (C=O) groups excluding carboxylic acids is 1. The van der Waals surface area contributed by atoms with E-state index in [1.807, 2.05) is 0 Å². The molecule has 0 aromatic heterocycles. The van der Waals surface area contributed by atoms with Crippen LogP contribution in [0.25, 0.3) is 0 Å². The minimum absolute atomic E-state index is 0.0366. The number of anilines is 1. The van der Waals surface area contributed by atoms with Crippen LogP contribution in [-0.4, -0.2) is 11.9 Å². The molecule has 0 aliphatic heterocycles. The lowest BCUT2D eigenvalue weighted by Gasteiger charge is -2.12. The Balaban J connectivity index is 2.12. The lowest BCUT2D eigenvalue weighted by Crippen LogP contribution is -2.23. The first-order chi connectivity index (χ1) is 8.60. The second kappa shape index (κ2) is 5.51. The number of nitrogens with one attached hydrogen (secondary N) is 1. The van der Waals surface area contributed by atoms with E-state index >= 15 is 0 Å². The van der Waals surface area contributed by atoms with E-state index in [-0.39, 0.29) is 17.9 Å². The highest BCUT2D eigenvalue weighted by Crippen LogP contribution is 2.27. The van der Waals surface area contributed by atoms with Crippen molar-refractivity contribution in [1.82, 2.24) is 0 Å². The molecule has 0 saturated heterocycles. The van der Waals surface area contributed by atoms with Gasteiger partial charge in [0.15, 0.2) is 0 Å². The molecule has 18 heavy (non-hydrogen) atoms. The van der Waals surface area contributed by atoms with E-state index < -0.39 is 0 Å². The molecule has 2 unspecified atom stereocenters. The first kappa shape index (κ1) is 13.1. The second-order valence-corrected chi connectivity index (χ2v) is 5.48. The van der Waals surface area contributed by atoms with Crippen molar-refractivity contribution < 1.29 is 4.79 Å². The zero-order valence-corrected chi connectivity index (χ0v) is 11.4. The average Bonchev–Trinajstić information content (AvgIpc) is 2.76. The molecule has 1 aromatic rings. The Kier molecular flexibility index (Phi) is 4.00. The Morgan fingerprint density at radius 1 is 1.50 bits per heavy atom. The third-order valence-electron chi connectivity index (χ3n) is 3.20. The van der Waals surface area contributed by atoms with Crippen molar-refractivity contribution in [2.24, 2.45) is 11.7 Å². The van der Waals surface area contributed by atoms with Gasteiger partial charge in [-0.25, -0.2) is 0 Å². The normalized spacial score (nSPS) is 22.5. The summed E-state index contributed by atoms with van der Waals surface area (Å²) in [6.07, 6.45) is 2.44. The predicted octanol–water partition coefficient (Wildman–Crippen LogP) is 2.39. The van der Waals surface area contributed by atoms with E-state index in [4.69, 9.17) is 11.0 Å². The fourth-order valence-electron chi connectivity index (χ4n) is 2.21. The third-order valence-corrected chi connectivity index (χ3v) is 3.70. The molecule has 5 heteroatoms. The third kappa shape index (κ3) is 2.89. The molecular formula is C13H14BrN3O. The Bertz CT molecular complexity index is 509. The van der Waals surface area contributed by atoms with Gasteiger partial charge in [0.05, 0.1) is 11.3 Å². The summed E-state index contributed by atoms with van der Waals surface area (Å²) in [5, 5.41) is 11.8. The predicted molar refractivity (Wildman–Crippen MR) is 72.8 cm³/mol. The van der Waals surface area contributed by atoms with E-state index in [1.54, 1.807) is 18.2 Å². The number of nitriles is 1. The molecule has 1 amide bonds. The van der Waals surface area contributed by atoms with Crippen LogP contribution in [0, 0.1) is 17.2 Å². The first-order valence-electron chi connectivity index (χ1n) is 5.86. The highest BCUT2D eigenvalue weighted by molar-refractivity contribution is 9.10. The SMILES string of the molecule is N#Cc1ccc(Br)cc1NC(=O)C1CCC(N)C1. The first-order valence-corrected chi connectivity index (χ1v) is 6.65. The van der Waals surface area contributed by atoms with Crippen LogP contribution in [0.3, 0.4) is 0 Å². The smallest absolute Gasteiger partial charge is 0.227 e. The van der Waals surface area contributed by atoms with E-state index in [1.165, 1.54) is 0 Å². The molecule has 1 fully saturated rings. The maximum atomic E-state index is 12.0. The van der Waals surface area contributed by atoms with E-state index in [9.17, 15) is 4.79 Å². The number of halogens is 1. The van der Waals surface area contributed by atoms with Crippen LogP contribution in [-0.2, 0) is 4.79 Å². The summed E-state index contributed by atoms with van der Waals surface area (Å²) in [6.45, 7) is 0. The van der Waals surface area contributed by atoms with Crippen molar-refractivity contribution in [3.05, 3.63) is 28.2 Å². The standard InChI is InChI=1S/C13H14BrN3O/c14-10-3-1-9(7-15)12(6-10)17-13(18)8-2-4-11(16)5-8/h1,3,6,8,11H,2,4-5,16H2,(H,17,18). The van der Waals surface area contributed by atoms with Gasteiger partial charge in [0.25, 0.3) is 0 Å². The Hall–Kier alpha value is -1.38. The van der Waals surface area contributed by atoms with Crippen LogP contribution in [0.2, 0.25) is 0 Å². The minimum Gasteiger partial charge on any atom is -0.328 e. The van der Waals surface area contributed by atoms with Gasteiger partial charge in [0.2, 0.25) is 5.91 Å². The number of nitrogens with zero attached hydrogens (tertiary/aromatic N) is 1. The molecule has 2 rings (SSSR count). The summed E-state index contributed by atoms with van der Waals surface area (Å²) in [6, 6.07) is 7.39. The molecule has 0 spiro atoms. The summed E-state index contributed by atoms with van der Waals surface area (Å²) >= 11 is 3.33. The summed E-state index contributed by atoms with van der Waals surface area (Å²) in [5.74, 6) is -0.0805. The lowest BCUT2D eigenvalue weighted by molar-refractivity contribution is -0.119. The summed E-state index contributed by atoms with van der Waals surface area (Å²) in [4.78, 5) is 12.0. The molecular weight excluding hydrogens is 294 g/mol. The number of nitrogens with two attached hydrogens (primary N) is 1. The number of carbonyl (C=O) groups is 1. The van der Waals surface area contributed by atoms with Crippen LogP contribution in [0.15, 0.2) is 22.7 Å². The number of amides is 1. The van der Waals surface area contributed by atoms with Gasteiger partial charge in [-0.3, -0.25) is 4.79 Å². The van der Waals surface area contributed by atoms with Gasteiger partial charge in [0, 0.05) is 16.4 Å². The molecule has 1 aliphatic carbocycles. The number of hydrogen-bond acceptors (Lipinski definition) is 3. The van der Waals surface area contributed by atoms with Crippen LogP contribution in [0.4, 0.5) is 5.69 Å². The minimum atomic E-state index is -0.0439. The number of hydrogen-bond donors (Lipinski definition) is 2. The van der Waals surface area contributed by atoms with Gasteiger partial charge in [-0.15, -0.1) is 0 Å². The quantitative estimate of drug-likeness (QED) is 0.880. The van der Waals surface area contributed by atoms with Crippen LogP contribution >= 0.6 is 15.9 Å². The molecule has 0 radical (unpaired) electrons. The Morgan fingerprint density at radius 3 is 2.89 bits per heavy atom. The number of benzene rings is 1. The van der Waals surface area contributed by atoms with Crippen molar-refractivity contribution in [3.63, 3.8) is 0 Å². The molecule has 1 saturated carbocycles. The topological polar surface area (TPSA) is 78.9 Å². The number of rotatable bonds is 2. The summed E-state index contributed by atoms with van der Waals surface area (Å²) in [7, 11) is 0. The molecule has 2 atom stereocenters. The fraction of sp³-hybridized carbons (Fsp3) is 0.385. The van der Waals surface area contributed by atoms with Crippen molar-refractivity contribution in [2.45, 2.75) is 25.3 Å². The highest BCUT2D eigenvalue weighted by Gasteiger charge is 2.28. The van der Waals surface area contributed by atoms with Crippen molar-refractivity contribution >= 4 is 27.5 Å². The zero-order chi connectivity index (χ0) is 13.1. The lowest BCUT2D eigenvalue weighted by atomic mass is 10.1. The molecule has 1 aliphatic rings. The Morgan fingerprint density at radius 2 is 2.28 bits per heavy atom. The molecule has 3 N–H and O–H groups in total. The summed E-state index contributed by atoms with van der Waals surface area (Å²) < 4.78 is 0.833. The molecule has 0 heterocycles. The van der Waals surface area contributed by atoms with Gasteiger partial charge in [-0.2, -0.15) is 5.26 Å². The van der Waals surface area contributed by atoms with E-state index in [2.05, 4.69) is 27.3 Å². The van der Waals surface area contributed by atoms with E-state index in [0.29, 0.717) is 11.3 Å². The maximum Gasteiger partial charge on any atom is 0.227 e. The average molecular weight is 308 g/mol. The van der Waals surface area contributed by atoms with E-state index in [0.717, 1.165) is 23.7 Å². The fourth-order valence-corrected chi connectivity index (χ4v) is 2.57.